The largest absolute Gasteiger partial charge is 0.383 e. The average Bonchev–Trinajstić information content (AvgIpc) is 2.65. The van der Waals surface area contributed by atoms with E-state index in [1.807, 2.05) is 6.20 Å². The van der Waals surface area contributed by atoms with Crippen LogP contribution in [0.15, 0.2) is 12.4 Å². The second-order valence-corrected chi connectivity index (χ2v) is 2.88. The molecular weight excluding hydrogens is 166 g/mol. The molecule has 1 rings (SSSR count). The summed E-state index contributed by atoms with van der Waals surface area (Å²) in [6.07, 6.45) is 4.64. The Morgan fingerprint density at radius 1 is 1.69 bits per heavy atom. The van der Waals surface area contributed by atoms with Gasteiger partial charge in [0.15, 0.2) is 0 Å². The number of ether oxygens (including phenoxy) is 1. The molecule has 74 valence electrons. The molecule has 0 aromatic carbocycles. The third kappa shape index (κ3) is 3.16. The number of nitrogens with one attached hydrogen (secondary N) is 2. The molecule has 1 aromatic rings. The maximum atomic E-state index is 4.96. The Morgan fingerprint density at radius 2 is 2.54 bits per heavy atom. The summed E-state index contributed by atoms with van der Waals surface area (Å²) in [6.45, 7) is 3.72. The quantitative estimate of drug-likeness (QED) is 0.649. The molecule has 0 saturated carbocycles. The SMILES string of the molecule is CCC(NCCOC)c1ncc[nH]1. The Balaban J connectivity index is 2.35. The number of nitrogens with zero attached hydrogens (tertiary/aromatic N) is 1. The lowest BCUT2D eigenvalue weighted by molar-refractivity contribution is 0.195. The minimum absolute atomic E-state index is 0.310. The monoisotopic (exact) mass is 183 g/mol. The lowest BCUT2D eigenvalue weighted by Crippen LogP contribution is -2.25. The summed E-state index contributed by atoms with van der Waals surface area (Å²) in [5.41, 5.74) is 0. The second kappa shape index (κ2) is 5.72. The van der Waals surface area contributed by atoms with Crippen molar-refractivity contribution in [1.29, 1.82) is 0 Å². The predicted molar refractivity (Wildman–Crippen MR) is 51.5 cm³/mol. The fourth-order valence-electron chi connectivity index (χ4n) is 1.24. The van der Waals surface area contributed by atoms with E-state index in [1.165, 1.54) is 0 Å². The molecule has 4 nitrogen and oxygen atoms in total. The normalized spacial score (nSPS) is 13.1. The van der Waals surface area contributed by atoms with Crippen LogP contribution in [0.3, 0.4) is 0 Å². The first-order chi connectivity index (χ1) is 6.38. The third-order valence-corrected chi connectivity index (χ3v) is 1.95. The number of H-pyrrole nitrogens is 1. The molecule has 0 fully saturated rings. The molecule has 0 bridgehead atoms. The van der Waals surface area contributed by atoms with Crippen LogP contribution in [0.25, 0.3) is 0 Å². The summed E-state index contributed by atoms with van der Waals surface area (Å²) in [7, 11) is 1.70. The van der Waals surface area contributed by atoms with Gasteiger partial charge in [-0.15, -0.1) is 0 Å². The number of aromatic nitrogens is 2. The highest BCUT2D eigenvalue weighted by Crippen LogP contribution is 2.10. The van der Waals surface area contributed by atoms with Gasteiger partial charge in [0.1, 0.15) is 5.82 Å². The van der Waals surface area contributed by atoms with Crippen molar-refractivity contribution in [3.05, 3.63) is 18.2 Å². The molecule has 0 aliphatic carbocycles. The molecule has 0 saturated heterocycles. The van der Waals surface area contributed by atoms with Gasteiger partial charge >= 0.3 is 0 Å². The van der Waals surface area contributed by atoms with E-state index in [0.717, 1.165) is 25.4 Å². The van der Waals surface area contributed by atoms with E-state index in [-0.39, 0.29) is 0 Å². The van der Waals surface area contributed by atoms with Gasteiger partial charge in [-0.25, -0.2) is 4.98 Å². The van der Waals surface area contributed by atoms with Crippen LogP contribution in [0.4, 0.5) is 0 Å². The molecule has 1 unspecified atom stereocenters. The van der Waals surface area contributed by atoms with Gasteiger partial charge in [-0.1, -0.05) is 6.92 Å². The van der Waals surface area contributed by atoms with E-state index in [1.54, 1.807) is 13.3 Å². The molecule has 4 heteroatoms. The van der Waals surface area contributed by atoms with E-state index in [2.05, 4.69) is 22.2 Å². The van der Waals surface area contributed by atoms with Gasteiger partial charge in [0, 0.05) is 26.0 Å². The van der Waals surface area contributed by atoms with Crippen molar-refractivity contribution in [2.24, 2.45) is 0 Å². The fraction of sp³-hybridized carbons (Fsp3) is 0.667. The molecule has 13 heavy (non-hydrogen) atoms. The Labute approximate surface area is 78.7 Å². The van der Waals surface area contributed by atoms with Crippen molar-refractivity contribution < 1.29 is 4.74 Å². The van der Waals surface area contributed by atoms with E-state index in [4.69, 9.17) is 4.74 Å². The zero-order valence-corrected chi connectivity index (χ0v) is 8.21. The number of methoxy groups -OCH3 is 1. The minimum atomic E-state index is 0.310. The summed E-state index contributed by atoms with van der Waals surface area (Å²) in [4.78, 5) is 7.31. The van der Waals surface area contributed by atoms with Crippen LogP contribution in [0.1, 0.15) is 25.2 Å². The topological polar surface area (TPSA) is 49.9 Å². The number of imidazole rings is 1. The number of hydrogen-bond donors (Lipinski definition) is 2. The summed E-state index contributed by atoms with van der Waals surface area (Å²) in [5, 5.41) is 3.35. The first-order valence-corrected chi connectivity index (χ1v) is 4.60. The third-order valence-electron chi connectivity index (χ3n) is 1.95. The van der Waals surface area contributed by atoms with Gasteiger partial charge in [0.05, 0.1) is 12.6 Å². The Hall–Kier alpha value is -0.870. The van der Waals surface area contributed by atoms with E-state index in [0.29, 0.717) is 6.04 Å². The van der Waals surface area contributed by atoms with E-state index in [9.17, 15) is 0 Å². The Morgan fingerprint density at radius 3 is 3.08 bits per heavy atom. The highest BCUT2D eigenvalue weighted by Gasteiger charge is 2.09. The van der Waals surface area contributed by atoms with Crippen molar-refractivity contribution in [2.45, 2.75) is 19.4 Å². The van der Waals surface area contributed by atoms with Gasteiger partial charge in [0.2, 0.25) is 0 Å². The van der Waals surface area contributed by atoms with Crippen molar-refractivity contribution in [3.63, 3.8) is 0 Å². The van der Waals surface area contributed by atoms with Gasteiger partial charge in [-0.2, -0.15) is 0 Å². The number of aromatic amines is 1. The summed E-state index contributed by atoms with van der Waals surface area (Å²) < 4.78 is 4.96. The number of hydrogen-bond acceptors (Lipinski definition) is 3. The maximum Gasteiger partial charge on any atom is 0.123 e. The molecule has 0 spiro atoms. The van der Waals surface area contributed by atoms with Crippen LogP contribution in [-0.2, 0) is 4.74 Å². The zero-order valence-electron chi connectivity index (χ0n) is 8.21. The zero-order chi connectivity index (χ0) is 9.52. The molecule has 0 amide bonds. The van der Waals surface area contributed by atoms with Crippen molar-refractivity contribution in [2.75, 3.05) is 20.3 Å². The summed E-state index contributed by atoms with van der Waals surface area (Å²) in [5.74, 6) is 0.999. The van der Waals surface area contributed by atoms with Crippen LogP contribution in [-0.4, -0.2) is 30.2 Å². The van der Waals surface area contributed by atoms with Crippen LogP contribution in [0.2, 0.25) is 0 Å². The molecule has 0 radical (unpaired) electrons. The maximum absolute atomic E-state index is 4.96. The lowest BCUT2D eigenvalue weighted by atomic mass is 10.2. The van der Waals surface area contributed by atoms with Crippen LogP contribution >= 0.6 is 0 Å². The van der Waals surface area contributed by atoms with E-state index >= 15 is 0 Å². The van der Waals surface area contributed by atoms with Gasteiger partial charge in [0.25, 0.3) is 0 Å². The highest BCUT2D eigenvalue weighted by atomic mass is 16.5. The smallest absolute Gasteiger partial charge is 0.123 e. The second-order valence-electron chi connectivity index (χ2n) is 2.88. The highest BCUT2D eigenvalue weighted by molar-refractivity contribution is 4.94. The summed E-state index contributed by atoms with van der Waals surface area (Å²) in [6, 6.07) is 0.310. The summed E-state index contributed by atoms with van der Waals surface area (Å²) >= 11 is 0. The van der Waals surface area contributed by atoms with Gasteiger partial charge in [-0.05, 0) is 6.42 Å². The average molecular weight is 183 g/mol. The Bertz CT molecular complexity index is 211. The first kappa shape index (κ1) is 10.2. The predicted octanol–water partition coefficient (Wildman–Crippen LogP) is 1.10. The minimum Gasteiger partial charge on any atom is -0.383 e. The van der Waals surface area contributed by atoms with Crippen molar-refractivity contribution >= 4 is 0 Å². The fourth-order valence-corrected chi connectivity index (χ4v) is 1.24. The molecule has 2 N–H and O–H groups in total. The van der Waals surface area contributed by atoms with Crippen LogP contribution < -0.4 is 5.32 Å². The molecular formula is C9H17N3O. The van der Waals surface area contributed by atoms with Crippen LogP contribution in [0.5, 0.6) is 0 Å². The Kier molecular flexibility index (Phi) is 4.49. The van der Waals surface area contributed by atoms with Gasteiger partial charge in [-0.3, -0.25) is 0 Å². The van der Waals surface area contributed by atoms with E-state index < -0.39 is 0 Å². The molecule has 1 atom stereocenters. The van der Waals surface area contributed by atoms with Crippen molar-refractivity contribution in [3.8, 4) is 0 Å². The van der Waals surface area contributed by atoms with Crippen molar-refractivity contribution in [1.82, 2.24) is 15.3 Å². The lowest BCUT2D eigenvalue weighted by Gasteiger charge is -2.13. The standard InChI is InChI=1S/C9H17N3O/c1-3-8(10-6-7-13-2)9-11-4-5-12-9/h4-5,8,10H,3,6-7H2,1-2H3,(H,11,12). The molecule has 1 aromatic heterocycles. The molecule has 0 aliphatic rings. The van der Waals surface area contributed by atoms with Crippen LogP contribution in [0, 0.1) is 0 Å². The number of rotatable bonds is 6. The first-order valence-electron chi connectivity index (χ1n) is 4.60. The van der Waals surface area contributed by atoms with Gasteiger partial charge < -0.3 is 15.0 Å². The molecule has 0 aliphatic heterocycles. The molecule has 1 heterocycles.